The largest absolute Gasteiger partial charge is 0.353 e. The van der Waals surface area contributed by atoms with Crippen molar-refractivity contribution in [3.8, 4) is 0 Å². The third kappa shape index (κ3) is 2.94. The van der Waals surface area contributed by atoms with Gasteiger partial charge in [0.1, 0.15) is 0 Å². The van der Waals surface area contributed by atoms with Gasteiger partial charge in [-0.15, -0.1) is 0 Å². The summed E-state index contributed by atoms with van der Waals surface area (Å²) in [6.45, 7) is 2.86. The molecule has 2 aromatic heterocycles. The molecule has 3 heterocycles. The van der Waals surface area contributed by atoms with Gasteiger partial charge in [-0.05, 0) is 56.6 Å². The molecule has 7 nitrogen and oxygen atoms in total. The first-order valence-electron chi connectivity index (χ1n) is 8.93. The number of benzene rings is 1. The minimum atomic E-state index is -0.251. The van der Waals surface area contributed by atoms with E-state index in [0.29, 0.717) is 11.2 Å². The van der Waals surface area contributed by atoms with Crippen molar-refractivity contribution in [1.29, 1.82) is 0 Å². The molecule has 1 aliphatic heterocycles. The highest BCUT2D eigenvalue weighted by Gasteiger charge is 2.34. The molecular formula is C19H23N5O2. The molecule has 0 radical (unpaired) electrons. The van der Waals surface area contributed by atoms with Gasteiger partial charge >= 0.3 is 5.69 Å². The third-order valence-electron chi connectivity index (χ3n) is 5.28. The third-order valence-corrected chi connectivity index (χ3v) is 5.28. The summed E-state index contributed by atoms with van der Waals surface area (Å²) < 4.78 is 2.13. The fourth-order valence-electron chi connectivity index (χ4n) is 3.90. The zero-order valence-electron chi connectivity index (χ0n) is 15.0. The van der Waals surface area contributed by atoms with Gasteiger partial charge in [0, 0.05) is 24.6 Å². The molecule has 0 saturated carbocycles. The molecule has 0 aliphatic carbocycles. The molecule has 1 amide bonds. The Morgan fingerprint density at radius 1 is 1.27 bits per heavy atom. The lowest BCUT2D eigenvalue weighted by Gasteiger charge is -2.30. The molecule has 26 heavy (non-hydrogen) atoms. The maximum atomic E-state index is 12.8. The monoisotopic (exact) mass is 353 g/mol. The molecule has 136 valence electrons. The van der Waals surface area contributed by atoms with Gasteiger partial charge in [0.2, 0.25) is 5.91 Å². The van der Waals surface area contributed by atoms with Crippen molar-refractivity contribution in [3.63, 3.8) is 0 Å². The standard InChI is InChI=1S/C19H23N5O2/c1-12(24-10-4-6-17(24)16-5-3-9-23(16)2)18(25)20-13-7-8-14-15(11-13)22-19(26)21-14/h3,5,7-9,11-12,17H,4,6,10H2,1-2H3,(H,20,25)(H2,21,22,26)/t12-,17-/m0/s1. The highest BCUT2D eigenvalue weighted by atomic mass is 16.2. The van der Waals surface area contributed by atoms with E-state index in [1.807, 2.05) is 26.2 Å². The number of nitrogens with one attached hydrogen (secondary N) is 3. The van der Waals surface area contributed by atoms with Gasteiger partial charge in [-0.25, -0.2) is 4.79 Å². The quantitative estimate of drug-likeness (QED) is 0.673. The second-order valence-corrected chi connectivity index (χ2v) is 6.94. The number of hydrogen-bond donors (Lipinski definition) is 3. The number of amides is 1. The van der Waals surface area contributed by atoms with E-state index in [1.165, 1.54) is 5.69 Å². The minimum absolute atomic E-state index is 0.0386. The van der Waals surface area contributed by atoms with Gasteiger partial charge in [-0.3, -0.25) is 9.69 Å². The number of likely N-dealkylation sites (tertiary alicyclic amines) is 1. The predicted molar refractivity (Wildman–Crippen MR) is 101 cm³/mol. The maximum absolute atomic E-state index is 12.8. The summed E-state index contributed by atoms with van der Waals surface area (Å²) in [5.74, 6) is -0.0386. The number of rotatable bonds is 4. The zero-order chi connectivity index (χ0) is 18.3. The van der Waals surface area contributed by atoms with Crippen molar-refractivity contribution in [2.45, 2.75) is 31.8 Å². The Morgan fingerprint density at radius 2 is 2.08 bits per heavy atom. The van der Waals surface area contributed by atoms with Crippen LogP contribution in [0.4, 0.5) is 5.69 Å². The smallest absolute Gasteiger partial charge is 0.323 e. The van der Waals surface area contributed by atoms with Crippen LogP contribution in [0.3, 0.4) is 0 Å². The van der Waals surface area contributed by atoms with Crippen LogP contribution in [0.5, 0.6) is 0 Å². The van der Waals surface area contributed by atoms with Gasteiger partial charge in [-0.1, -0.05) is 0 Å². The van der Waals surface area contributed by atoms with Crippen molar-refractivity contribution in [2.75, 3.05) is 11.9 Å². The summed E-state index contributed by atoms with van der Waals surface area (Å²) in [5.41, 5.74) is 3.08. The number of aromatic amines is 2. The predicted octanol–water partition coefficient (Wildman–Crippen LogP) is 2.36. The van der Waals surface area contributed by atoms with Crippen LogP contribution in [0, 0.1) is 0 Å². The molecule has 1 aliphatic rings. The van der Waals surface area contributed by atoms with Crippen molar-refractivity contribution in [3.05, 3.63) is 52.7 Å². The highest BCUT2D eigenvalue weighted by molar-refractivity contribution is 5.96. The van der Waals surface area contributed by atoms with Crippen molar-refractivity contribution in [2.24, 2.45) is 7.05 Å². The molecule has 1 aromatic carbocycles. The van der Waals surface area contributed by atoms with E-state index in [9.17, 15) is 9.59 Å². The fraction of sp³-hybridized carbons (Fsp3) is 0.368. The number of aryl methyl sites for hydroxylation is 1. The second-order valence-electron chi connectivity index (χ2n) is 6.94. The van der Waals surface area contributed by atoms with Crippen LogP contribution in [0.15, 0.2) is 41.3 Å². The van der Waals surface area contributed by atoms with E-state index in [0.717, 1.165) is 24.9 Å². The minimum Gasteiger partial charge on any atom is -0.353 e. The van der Waals surface area contributed by atoms with Crippen LogP contribution >= 0.6 is 0 Å². The lowest BCUT2D eigenvalue weighted by atomic mass is 10.1. The van der Waals surface area contributed by atoms with Crippen molar-refractivity contribution < 1.29 is 4.79 Å². The van der Waals surface area contributed by atoms with Crippen LogP contribution in [0.2, 0.25) is 0 Å². The van der Waals surface area contributed by atoms with Crippen molar-refractivity contribution in [1.82, 2.24) is 19.4 Å². The Bertz CT molecular complexity index is 999. The number of hydrogen-bond acceptors (Lipinski definition) is 3. The summed E-state index contributed by atoms with van der Waals surface area (Å²) in [5, 5.41) is 2.98. The average molecular weight is 353 g/mol. The maximum Gasteiger partial charge on any atom is 0.323 e. The summed E-state index contributed by atoms with van der Waals surface area (Å²) in [6.07, 6.45) is 4.19. The summed E-state index contributed by atoms with van der Waals surface area (Å²) in [4.78, 5) is 31.9. The summed E-state index contributed by atoms with van der Waals surface area (Å²) in [6, 6.07) is 9.56. The number of carbonyl (C=O) groups is 1. The number of imidazole rings is 1. The normalized spacial score (nSPS) is 19.1. The molecule has 0 bridgehead atoms. The summed E-state index contributed by atoms with van der Waals surface area (Å²) in [7, 11) is 2.05. The van der Waals surface area contributed by atoms with E-state index in [-0.39, 0.29) is 23.7 Å². The zero-order valence-corrected chi connectivity index (χ0v) is 15.0. The Kier molecular flexibility index (Phi) is 4.16. The highest BCUT2D eigenvalue weighted by Crippen LogP contribution is 2.33. The number of aromatic nitrogens is 3. The SMILES string of the molecule is C[C@@H](C(=O)Nc1ccc2[nH]c(=O)[nH]c2c1)N1CCC[C@H]1c1cccn1C. The molecule has 3 N–H and O–H groups in total. The Balaban J connectivity index is 1.51. The van der Waals surface area contributed by atoms with Gasteiger partial charge in [0.15, 0.2) is 0 Å². The molecule has 7 heteroatoms. The molecule has 0 spiro atoms. The topological polar surface area (TPSA) is 85.9 Å². The molecule has 1 fully saturated rings. The van der Waals surface area contributed by atoms with Crippen LogP contribution in [0.1, 0.15) is 31.5 Å². The number of nitrogens with zero attached hydrogens (tertiary/aromatic N) is 2. The van der Waals surface area contributed by atoms with Crippen LogP contribution < -0.4 is 11.0 Å². The lowest BCUT2D eigenvalue weighted by Crippen LogP contribution is -2.42. The molecule has 2 atom stereocenters. The van der Waals surface area contributed by atoms with Gasteiger partial charge in [0.25, 0.3) is 0 Å². The molecule has 3 aromatic rings. The molecule has 1 saturated heterocycles. The molecular weight excluding hydrogens is 330 g/mol. The number of fused-ring (bicyclic) bond motifs is 1. The van der Waals surface area contributed by atoms with E-state index < -0.39 is 0 Å². The first-order valence-corrected chi connectivity index (χ1v) is 8.93. The Hall–Kier alpha value is -2.80. The van der Waals surface area contributed by atoms with Crippen LogP contribution in [-0.2, 0) is 11.8 Å². The molecule has 0 unspecified atom stereocenters. The van der Waals surface area contributed by atoms with E-state index >= 15 is 0 Å². The second kappa shape index (κ2) is 6.49. The lowest BCUT2D eigenvalue weighted by molar-refractivity contribution is -0.121. The first kappa shape index (κ1) is 16.7. The number of H-pyrrole nitrogens is 2. The van der Waals surface area contributed by atoms with E-state index in [2.05, 4.69) is 30.8 Å². The van der Waals surface area contributed by atoms with Gasteiger partial charge in [0.05, 0.1) is 23.1 Å². The Morgan fingerprint density at radius 3 is 2.85 bits per heavy atom. The average Bonchev–Trinajstić information content (AvgIpc) is 3.31. The number of carbonyl (C=O) groups excluding carboxylic acids is 1. The van der Waals surface area contributed by atoms with Gasteiger partial charge in [-0.2, -0.15) is 0 Å². The van der Waals surface area contributed by atoms with Crippen molar-refractivity contribution >= 4 is 22.6 Å². The van der Waals surface area contributed by atoms with E-state index in [4.69, 9.17) is 0 Å². The van der Waals surface area contributed by atoms with Gasteiger partial charge < -0.3 is 19.9 Å². The first-order chi connectivity index (χ1) is 12.5. The van der Waals surface area contributed by atoms with E-state index in [1.54, 1.807) is 18.2 Å². The Labute approximate surface area is 151 Å². The molecule has 4 rings (SSSR count). The fourth-order valence-corrected chi connectivity index (χ4v) is 3.90. The van der Waals surface area contributed by atoms with Crippen LogP contribution in [-0.4, -0.2) is 37.9 Å². The van der Waals surface area contributed by atoms with Crippen LogP contribution in [0.25, 0.3) is 11.0 Å². The summed E-state index contributed by atoms with van der Waals surface area (Å²) >= 11 is 0. The number of anilines is 1.